The molecular weight excluding hydrogens is 599 g/mol. The Morgan fingerprint density at radius 1 is 0.347 bits per heavy atom. The molecule has 0 unspecified atom stereocenters. The molecule has 5 heterocycles. The Hall–Kier alpha value is -6.72. The number of anilines is 3. The first-order valence-electron chi connectivity index (χ1n) is 16.7. The van der Waals surface area contributed by atoms with E-state index >= 15 is 0 Å². The Kier molecular flexibility index (Phi) is 4.66. The van der Waals surface area contributed by atoms with Crippen LogP contribution in [0.5, 0.6) is 0 Å². The van der Waals surface area contributed by atoms with Gasteiger partial charge >= 0.3 is 0 Å². The summed E-state index contributed by atoms with van der Waals surface area (Å²) in [5.74, 6) is 0. The Bertz CT molecular complexity index is 3230. The summed E-state index contributed by atoms with van der Waals surface area (Å²) in [6.07, 6.45) is 0. The van der Waals surface area contributed by atoms with Crippen LogP contribution in [0.3, 0.4) is 0 Å². The number of nitrogens with zero attached hydrogens (tertiary/aromatic N) is 5. The lowest BCUT2D eigenvalue weighted by atomic mass is 10.1. The molecule has 49 heavy (non-hydrogen) atoms. The average molecular weight is 624 g/mol. The molecule has 0 saturated heterocycles. The van der Waals surface area contributed by atoms with Gasteiger partial charge in [-0.2, -0.15) is 0 Å². The van der Waals surface area contributed by atoms with Gasteiger partial charge in [0.15, 0.2) is 11.3 Å². The van der Waals surface area contributed by atoms with Crippen molar-refractivity contribution in [1.29, 1.82) is 0 Å². The van der Waals surface area contributed by atoms with Crippen molar-refractivity contribution < 1.29 is 0 Å². The van der Waals surface area contributed by atoms with E-state index < -0.39 is 0 Å². The molecule has 0 aliphatic heterocycles. The van der Waals surface area contributed by atoms with E-state index in [0.29, 0.717) is 0 Å². The maximum Gasteiger partial charge on any atom is 0.165 e. The molecule has 5 nitrogen and oxygen atoms in total. The minimum atomic E-state index is 0.880. The summed E-state index contributed by atoms with van der Waals surface area (Å²) >= 11 is 0. The number of hydrogen-bond acceptors (Lipinski definition) is 3. The van der Waals surface area contributed by atoms with Gasteiger partial charge in [0, 0.05) is 49.1 Å². The van der Waals surface area contributed by atoms with Gasteiger partial charge in [0.2, 0.25) is 0 Å². The average Bonchev–Trinajstić information content (AvgIpc) is 3.89. The van der Waals surface area contributed by atoms with Gasteiger partial charge in [-0.1, -0.05) is 121 Å². The van der Waals surface area contributed by atoms with Gasteiger partial charge in [-0.3, -0.25) is 8.80 Å². The number of para-hydroxylation sites is 5. The molecule has 0 N–H and O–H groups in total. The van der Waals surface area contributed by atoms with Crippen LogP contribution in [0.25, 0.3) is 87.5 Å². The zero-order valence-corrected chi connectivity index (χ0v) is 26.2. The molecule has 0 atom stereocenters. The Balaban J connectivity index is 1.28. The highest BCUT2D eigenvalue weighted by atomic mass is 15.2. The van der Waals surface area contributed by atoms with Crippen molar-refractivity contribution in [3.63, 3.8) is 0 Å². The summed E-state index contributed by atoms with van der Waals surface area (Å²) in [5, 5.41) is 9.57. The second-order valence-electron chi connectivity index (χ2n) is 13.0. The van der Waals surface area contributed by atoms with Crippen LogP contribution in [0.15, 0.2) is 152 Å². The Morgan fingerprint density at radius 3 is 1.43 bits per heavy atom. The molecule has 226 valence electrons. The van der Waals surface area contributed by atoms with Crippen LogP contribution in [0.4, 0.5) is 17.1 Å². The fraction of sp³-hybridized carbons (Fsp3) is 0. The summed E-state index contributed by atoms with van der Waals surface area (Å²) < 4.78 is 4.74. The first-order chi connectivity index (χ1) is 24.3. The van der Waals surface area contributed by atoms with Crippen LogP contribution >= 0.6 is 0 Å². The quantitative estimate of drug-likeness (QED) is 0.197. The summed E-state index contributed by atoms with van der Waals surface area (Å²) in [5.41, 5.74) is 11.6. The van der Waals surface area contributed by atoms with Crippen LogP contribution in [0.2, 0.25) is 0 Å². The zero-order chi connectivity index (χ0) is 31.8. The number of aromatic nitrogens is 4. The molecule has 0 spiro atoms. The van der Waals surface area contributed by atoms with Gasteiger partial charge < -0.3 is 4.90 Å². The van der Waals surface area contributed by atoms with Crippen molar-refractivity contribution in [3.05, 3.63) is 152 Å². The van der Waals surface area contributed by atoms with Gasteiger partial charge in [-0.25, -0.2) is 9.97 Å². The molecule has 0 fully saturated rings. The van der Waals surface area contributed by atoms with Crippen LogP contribution < -0.4 is 4.90 Å². The second kappa shape index (κ2) is 9.00. The minimum absolute atomic E-state index is 0.880. The van der Waals surface area contributed by atoms with Crippen LogP contribution in [0.1, 0.15) is 0 Å². The van der Waals surface area contributed by atoms with Crippen molar-refractivity contribution in [2.24, 2.45) is 0 Å². The lowest BCUT2D eigenvalue weighted by molar-refractivity contribution is 1.23. The van der Waals surface area contributed by atoms with E-state index in [1.807, 2.05) is 0 Å². The van der Waals surface area contributed by atoms with Crippen LogP contribution in [0, 0.1) is 0 Å². The van der Waals surface area contributed by atoms with Crippen molar-refractivity contribution in [3.8, 4) is 0 Å². The number of fused-ring (bicyclic) bond motifs is 14. The number of benzene rings is 7. The zero-order valence-electron chi connectivity index (χ0n) is 26.2. The molecule has 12 rings (SSSR count). The van der Waals surface area contributed by atoms with E-state index in [0.717, 1.165) is 61.2 Å². The van der Waals surface area contributed by atoms with Crippen molar-refractivity contribution in [1.82, 2.24) is 18.8 Å². The molecule has 5 heteroatoms. The van der Waals surface area contributed by atoms with E-state index in [1.165, 1.54) is 43.4 Å². The third kappa shape index (κ3) is 3.10. The summed E-state index contributed by atoms with van der Waals surface area (Å²) in [7, 11) is 0. The fourth-order valence-electron chi connectivity index (χ4n) is 8.58. The summed E-state index contributed by atoms with van der Waals surface area (Å²) in [6, 6.07) is 54.2. The van der Waals surface area contributed by atoms with E-state index in [1.54, 1.807) is 0 Å². The summed E-state index contributed by atoms with van der Waals surface area (Å²) in [6.45, 7) is 0. The molecule has 0 aliphatic rings. The highest BCUT2D eigenvalue weighted by Gasteiger charge is 2.27. The van der Waals surface area contributed by atoms with Gasteiger partial charge in [0.25, 0.3) is 0 Å². The molecule has 0 radical (unpaired) electrons. The smallest absolute Gasteiger partial charge is 0.165 e. The van der Waals surface area contributed by atoms with Gasteiger partial charge in [-0.15, -0.1) is 0 Å². The summed E-state index contributed by atoms with van der Waals surface area (Å²) in [4.78, 5) is 13.5. The van der Waals surface area contributed by atoms with Crippen molar-refractivity contribution >= 4 is 105 Å². The first-order valence-corrected chi connectivity index (χ1v) is 16.7. The van der Waals surface area contributed by atoms with Crippen molar-refractivity contribution in [2.75, 3.05) is 4.90 Å². The topological polar surface area (TPSA) is 37.8 Å². The normalized spacial score (nSPS) is 12.5. The largest absolute Gasteiger partial charge is 0.308 e. The highest BCUT2D eigenvalue weighted by molar-refractivity contribution is 6.28. The third-order valence-electron chi connectivity index (χ3n) is 10.5. The molecule has 0 bridgehead atoms. The van der Waals surface area contributed by atoms with Gasteiger partial charge in [0.05, 0.1) is 27.8 Å². The molecule has 12 aromatic rings. The number of rotatable bonds is 3. The molecule has 0 saturated carbocycles. The molecule has 0 amide bonds. The molecule has 7 aromatic carbocycles. The van der Waals surface area contributed by atoms with Gasteiger partial charge in [0.1, 0.15) is 11.0 Å². The molecule has 0 aliphatic carbocycles. The van der Waals surface area contributed by atoms with E-state index in [2.05, 4.69) is 165 Å². The molecule has 5 aromatic heterocycles. The van der Waals surface area contributed by atoms with Crippen LogP contribution in [-0.4, -0.2) is 18.8 Å². The lowest BCUT2D eigenvalue weighted by Crippen LogP contribution is -2.10. The van der Waals surface area contributed by atoms with E-state index in [-0.39, 0.29) is 0 Å². The molecular formula is C44H25N5. The Labute approximate surface area is 279 Å². The van der Waals surface area contributed by atoms with Gasteiger partial charge in [-0.05, 0) is 35.7 Å². The highest BCUT2D eigenvalue weighted by Crippen LogP contribution is 2.46. The minimum Gasteiger partial charge on any atom is -0.308 e. The standard InChI is InChI=1S/C44H25N5/c1-3-13-27(14-4-1)47(28-15-5-2-6-16-28)36-23-11-20-32-30-18-9-22-35-38-44(49(41(30)35)42(32)36)46-37-34-21-10-19-31-33-25-24-26-12-7-8-17-29(26)39(33)48(40(31)34)43(37)45-38/h1-25H. The SMILES string of the molecule is c1ccc(N(c2ccccc2)c2cccc3c4cccc5c6nc7c(nc6n(c23)c45)c2cccc3c4ccc5ccccc5c4n7c32)cc1. The predicted molar refractivity (Wildman–Crippen MR) is 204 cm³/mol. The predicted octanol–water partition coefficient (Wildman–Crippen LogP) is 11.4. The van der Waals surface area contributed by atoms with E-state index in [4.69, 9.17) is 9.97 Å². The maximum absolute atomic E-state index is 5.60. The monoisotopic (exact) mass is 623 g/mol. The third-order valence-corrected chi connectivity index (χ3v) is 10.5. The number of hydrogen-bond donors (Lipinski definition) is 0. The van der Waals surface area contributed by atoms with E-state index in [9.17, 15) is 0 Å². The van der Waals surface area contributed by atoms with Crippen LogP contribution in [-0.2, 0) is 0 Å². The van der Waals surface area contributed by atoms with Crippen molar-refractivity contribution in [2.45, 2.75) is 0 Å². The first kappa shape index (κ1) is 25.4. The maximum atomic E-state index is 5.60. The lowest BCUT2D eigenvalue weighted by Gasteiger charge is -2.26. The fourth-order valence-corrected chi connectivity index (χ4v) is 8.58. The Morgan fingerprint density at radius 2 is 0.796 bits per heavy atom. The second-order valence-corrected chi connectivity index (χ2v) is 13.0.